The van der Waals surface area contributed by atoms with Crippen LogP contribution in [0.15, 0.2) is 24.4 Å². The van der Waals surface area contributed by atoms with E-state index in [0.717, 1.165) is 18.7 Å². The molecule has 1 aliphatic rings. The van der Waals surface area contributed by atoms with Gasteiger partial charge >= 0.3 is 0 Å². The summed E-state index contributed by atoms with van der Waals surface area (Å²) in [5.74, 6) is 0.111. The monoisotopic (exact) mass is 262 g/mol. The minimum atomic E-state index is -0.221. The lowest BCUT2D eigenvalue weighted by molar-refractivity contribution is -0.135. The van der Waals surface area contributed by atoms with Crippen molar-refractivity contribution in [3.05, 3.63) is 30.1 Å². The van der Waals surface area contributed by atoms with Gasteiger partial charge in [0.1, 0.15) is 6.04 Å². The second-order valence-electron chi connectivity index (χ2n) is 5.14. The number of pyridine rings is 1. The minimum absolute atomic E-state index is 0.111. The Bertz CT molecular complexity index is 423. The summed E-state index contributed by atoms with van der Waals surface area (Å²) in [6.45, 7) is 3.83. The molecule has 19 heavy (non-hydrogen) atoms. The lowest BCUT2D eigenvalue weighted by Gasteiger charge is -2.29. The maximum atomic E-state index is 12.5. The van der Waals surface area contributed by atoms with Crippen LogP contribution < -0.4 is 5.73 Å². The summed E-state index contributed by atoms with van der Waals surface area (Å²) >= 11 is 0. The average Bonchev–Trinajstić information content (AvgIpc) is 2.52. The number of likely N-dealkylation sites (N-methyl/N-ethyl adjacent to an activating group) is 1. The van der Waals surface area contributed by atoms with Gasteiger partial charge in [-0.15, -0.1) is 0 Å². The molecule has 0 aromatic carbocycles. The molecule has 2 heterocycles. The number of nitrogens with two attached hydrogens (primary N) is 1. The number of hydrogen-bond acceptors (Lipinski definition) is 4. The molecule has 1 aliphatic heterocycles. The van der Waals surface area contributed by atoms with Gasteiger partial charge in [-0.3, -0.25) is 14.7 Å². The lowest BCUT2D eigenvalue weighted by atomic mass is 10.2. The Morgan fingerprint density at radius 2 is 2.26 bits per heavy atom. The van der Waals surface area contributed by atoms with E-state index in [9.17, 15) is 4.79 Å². The van der Waals surface area contributed by atoms with Crippen LogP contribution in [0, 0.1) is 0 Å². The zero-order valence-corrected chi connectivity index (χ0v) is 11.6. The first kappa shape index (κ1) is 14.0. The minimum Gasteiger partial charge on any atom is -0.335 e. The highest BCUT2D eigenvalue weighted by Gasteiger charge is 2.32. The quantitative estimate of drug-likeness (QED) is 0.859. The summed E-state index contributed by atoms with van der Waals surface area (Å²) in [6.07, 6.45) is 2.72. The van der Waals surface area contributed by atoms with Gasteiger partial charge in [-0.25, -0.2) is 0 Å². The van der Waals surface area contributed by atoms with Crippen LogP contribution in [0.4, 0.5) is 0 Å². The van der Waals surface area contributed by atoms with Crippen LogP contribution in [0.2, 0.25) is 0 Å². The van der Waals surface area contributed by atoms with E-state index in [2.05, 4.69) is 16.8 Å². The number of nitrogens with zero attached hydrogens (tertiary/aromatic N) is 3. The van der Waals surface area contributed by atoms with Crippen LogP contribution in [0.3, 0.4) is 0 Å². The van der Waals surface area contributed by atoms with E-state index in [0.29, 0.717) is 19.1 Å². The molecule has 1 aromatic heterocycles. The topological polar surface area (TPSA) is 62.5 Å². The SMILES string of the molecule is CC1CCN(Cc2ccccn2)C(=O)C(CN)N1C. The van der Waals surface area contributed by atoms with E-state index in [1.807, 2.05) is 30.1 Å². The molecule has 0 saturated carbocycles. The number of aromatic nitrogens is 1. The summed E-state index contributed by atoms with van der Waals surface area (Å²) in [6, 6.07) is 5.92. The van der Waals surface area contributed by atoms with Crippen LogP contribution in [0.5, 0.6) is 0 Å². The van der Waals surface area contributed by atoms with Crippen LogP contribution in [0.25, 0.3) is 0 Å². The molecule has 2 atom stereocenters. The van der Waals surface area contributed by atoms with Crippen molar-refractivity contribution in [3.63, 3.8) is 0 Å². The number of carbonyl (C=O) groups excluding carboxylic acids is 1. The summed E-state index contributed by atoms with van der Waals surface area (Å²) in [5, 5.41) is 0. The van der Waals surface area contributed by atoms with E-state index in [1.54, 1.807) is 6.20 Å². The predicted octanol–water partition coefficient (Wildman–Crippen LogP) is 0.462. The van der Waals surface area contributed by atoms with E-state index in [1.165, 1.54) is 0 Å². The summed E-state index contributed by atoms with van der Waals surface area (Å²) in [5.41, 5.74) is 6.69. The Hall–Kier alpha value is -1.46. The molecule has 0 spiro atoms. The zero-order chi connectivity index (χ0) is 13.8. The Morgan fingerprint density at radius 3 is 2.89 bits per heavy atom. The van der Waals surface area contributed by atoms with Gasteiger partial charge in [-0.05, 0) is 32.5 Å². The maximum absolute atomic E-state index is 12.5. The van der Waals surface area contributed by atoms with Gasteiger partial charge < -0.3 is 10.6 Å². The predicted molar refractivity (Wildman–Crippen MR) is 74.3 cm³/mol. The Kier molecular flexibility index (Phi) is 4.50. The summed E-state index contributed by atoms with van der Waals surface area (Å²) in [4.78, 5) is 20.8. The third-order valence-corrected chi connectivity index (χ3v) is 3.90. The molecular weight excluding hydrogens is 240 g/mol. The highest BCUT2D eigenvalue weighted by atomic mass is 16.2. The molecule has 1 fully saturated rings. The number of carbonyl (C=O) groups is 1. The number of hydrogen-bond donors (Lipinski definition) is 1. The van der Waals surface area contributed by atoms with Crippen LogP contribution >= 0.6 is 0 Å². The van der Waals surface area contributed by atoms with Crippen LogP contribution in [-0.2, 0) is 11.3 Å². The molecule has 104 valence electrons. The van der Waals surface area contributed by atoms with Crippen molar-refractivity contribution in [2.75, 3.05) is 20.1 Å². The second kappa shape index (κ2) is 6.12. The molecule has 1 amide bonds. The third-order valence-electron chi connectivity index (χ3n) is 3.90. The van der Waals surface area contributed by atoms with E-state index >= 15 is 0 Å². The van der Waals surface area contributed by atoms with Crippen molar-refractivity contribution in [3.8, 4) is 0 Å². The Labute approximate surface area is 114 Å². The van der Waals surface area contributed by atoms with Gasteiger partial charge in [0.15, 0.2) is 0 Å². The molecule has 1 saturated heterocycles. The maximum Gasteiger partial charge on any atom is 0.241 e. The van der Waals surface area contributed by atoms with Gasteiger partial charge in [0.05, 0.1) is 12.2 Å². The van der Waals surface area contributed by atoms with E-state index < -0.39 is 0 Å². The first-order valence-corrected chi connectivity index (χ1v) is 6.74. The van der Waals surface area contributed by atoms with Gasteiger partial charge in [0.25, 0.3) is 0 Å². The van der Waals surface area contributed by atoms with Crippen LogP contribution in [-0.4, -0.2) is 52.9 Å². The molecule has 0 aliphatic carbocycles. The molecule has 2 N–H and O–H groups in total. The number of amides is 1. The van der Waals surface area contributed by atoms with Crippen molar-refractivity contribution in [2.24, 2.45) is 5.73 Å². The van der Waals surface area contributed by atoms with Crippen LogP contribution in [0.1, 0.15) is 19.0 Å². The Morgan fingerprint density at radius 1 is 1.47 bits per heavy atom. The molecule has 1 aromatic rings. The normalized spacial score (nSPS) is 25.4. The van der Waals surface area contributed by atoms with E-state index in [4.69, 9.17) is 5.73 Å². The Balaban J connectivity index is 2.14. The standard InChI is InChI=1S/C14H22N4O/c1-11-6-8-18(10-12-5-3-4-7-16-12)14(19)13(9-15)17(11)2/h3-5,7,11,13H,6,8-10,15H2,1-2H3. The first-order chi connectivity index (χ1) is 9.13. The molecule has 5 heteroatoms. The molecule has 0 radical (unpaired) electrons. The highest BCUT2D eigenvalue weighted by Crippen LogP contribution is 2.16. The van der Waals surface area contributed by atoms with Gasteiger partial charge in [0, 0.05) is 25.3 Å². The van der Waals surface area contributed by atoms with Gasteiger partial charge in [-0.1, -0.05) is 6.07 Å². The zero-order valence-electron chi connectivity index (χ0n) is 11.6. The average molecular weight is 262 g/mol. The smallest absolute Gasteiger partial charge is 0.241 e. The largest absolute Gasteiger partial charge is 0.335 e. The fourth-order valence-electron chi connectivity index (χ4n) is 2.46. The fourth-order valence-corrected chi connectivity index (χ4v) is 2.46. The van der Waals surface area contributed by atoms with Crippen molar-refractivity contribution in [1.82, 2.24) is 14.8 Å². The highest BCUT2D eigenvalue weighted by molar-refractivity contribution is 5.82. The molecule has 0 bridgehead atoms. The van der Waals surface area contributed by atoms with Crippen molar-refractivity contribution in [1.29, 1.82) is 0 Å². The van der Waals surface area contributed by atoms with Gasteiger partial charge in [0.2, 0.25) is 5.91 Å². The molecule has 2 unspecified atom stereocenters. The first-order valence-electron chi connectivity index (χ1n) is 6.74. The third kappa shape index (κ3) is 3.11. The van der Waals surface area contributed by atoms with Gasteiger partial charge in [-0.2, -0.15) is 0 Å². The second-order valence-corrected chi connectivity index (χ2v) is 5.14. The molecular formula is C14H22N4O. The van der Waals surface area contributed by atoms with E-state index in [-0.39, 0.29) is 11.9 Å². The fraction of sp³-hybridized carbons (Fsp3) is 0.571. The van der Waals surface area contributed by atoms with Crippen molar-refractivity contribution < 1.29 is 4.79 Å². The summed E-state index contributed by atoms with van der Waals surface area (Å²) < 4.78 is 0. The lowest BCUT2D eigenvalue weighted by Crippen LogP contribution is -2.50. The van der Waals surface area contributed by atoms with Crippen molar-refractivity contribution in [2.45, 2.75) is 32.0 Å². The molecule has 2 rings (SSSR count). The molecule has 5 nitrogen and oxygen atoms in total. The summed E-state index contributed by atoms with van der Waals surface area (Å²) in [7, 11) is 1.98. The number of rotatable bonds is 3. The van der Waals surface area contributed by atoms with Crippen molar-refractivity contribution >= 4 is 5.91 Å².